The van der Waals surface area contributed by atoms with Crippen molar-refractivity contribution in [3.63, 3.8) is 0 Å². The van der Waals surface area contributed by atoms with Crippen molar-refractivity contribution in [2.75, 3.05) is 0 Å². The molecule has 0 fully saturated rings. The third-order valence-electron chi connectivity index (χ3n) is 8.61. The summed E-state index contributed by atoms with van der Waals surface area (Å²) in [5.41, 5.74) is 5.90. The number of thioether (sulfide) groups is 1. The Morgan fingerprint density at radius 1 is 0.842 bits per heavy atom. The van der Waals surface area contributed by atoms with E-state index in [1.807, 2.05) is 11.3 Å². The van der Waals surface area contributed by atoms with Gasteiger partial charge in [0.2, 0.25) is 0 Å². The van der Waals surface area contributed by atoms with Crippen LogP contribution in [0.1, 0.15) is 76.8 Å². The summed E-state index contributed by atoms with van der Waals surface area (Å²) in [4.78, 5) is 10.9. The van der Waals surface area contributed by atoms with E-state index in [4.69, 9.17) is 0 Å². The first kappa shape index (κ1) is 28.4. The van der Waals surface area contributed by atoms with Gasteiger partial charge in [-0.25, -0.2) is 0 Å². The van der Waals surface area contributed by atoms with E-state index in [0.717, 1.165) is 6.54 Å². The molecule has 5 rings (SSSR count). The van der Waals surface area contributed by atoms with Gasteiger partial charge in [0.15, 0.2) is 0 Å². The summed E-state index contributed by atoms with van der Waals surface area (Å²) in [6.07, 6.45) is 6.35. The van der Waals surface area contributed by atoms with Crippen LogP contribution in [0, 0.1) is 0 Å². The summed E-state index contributed by atoms with van der Waals surface area (Å²) in [6, 6.07) is 18.9. The summed E-state index contributed by atoms with van der Waals surface area (Å²) in [7, 11) is 0. The number of aryl methyl sites for hydroxylation is 1. The van der Waals surface area contributed by atoms with Crippen molar-refractivity contribution in [1.82, 2.24) is 4.57 Å². The Hall–Kier alpha value is -1.17. The third kappa shape index (κ3) is 5.29. The number of fused-ring (bicyclic) bond motifs is 3. The Balaban J connectivity index is 1.49. The number of thiophene rings is 1. The first-order valence-electron chi connectivity index (χ1n) is 14.2. The molecule has 4 aromatic rings. The molecule has 0 radical (unpaired) electrons. The predicted octanol–water partition coefficient (Wildman–Crippen LogP) is 11.0. The SMILES string of the molecule is CC(C)(C)c1ccc2c(c1)c1cc(C(C)(C)C)ccc1n2CCC[C]1([Sn]([CH3])([CH3])[CH3])CC=C(c2cccs2)S1. The number of allylic oxidation sites excluding steroid dienone is 1. The number of hydrogen-bond donors (Lipinski definition) is 0. The van der Waals surface area contributed by atoms with E-state index < -0.39 is 18.4 Å². The van der Waals surface area contributed by atoms with Crippen LogP contribution in [0.15, 0.2) is 60.0 Å². The van der Waals surface area contributed by atoms with Crippen LogP contribution in [0.2, 0.25) is 14.8 Å². The van der Waals surface area contributed by atoms with Crippen LogP contribution in [0.5, 0.6) is 0 Å². The molecule has 0 saturated heterocycles. The van der Waals surface area contributed by atoms with E-state index in [2.05, 4.69) is 133 Å². The molecule has 1 aliphatic rings. The molecule has 1 unspecified atom stereocenters. The molecule has 0 saturated carbocycles. The molecular formula is C34H45NS2Sn. The average Bonchev–Trinajstić information content (AvgIpc) is 3.56. The van der Waals surface area contributed by atoms with Crippen molar-refractivity contribution >= 4 is 68.2 Å². The van der Waals surface area contributed by atoms with Gasteiger partial charge in [0, 0.05) is 0 Å². The van der Waals surface area contributed by atoms with Crippen molar-refractivity contribution in [1.29, 1.82) is 0 Å². The zero-order chi connectivity index (χ0) is 27.5. The Morgan fingerprint density at radius 3 is 1.89 bits per heavy atom. The van der Waals surface area contributed by atoms with Crippen LogP contribution in [-0.4, -0.2) is 25.7 Å². The van der Waals surface area contributed by atoms with Gasteiger partial charge in [0.1, 0.15) is 0 Å². The van der Waals surface area contributed by atoms with E-state index in [-0.39, 0.29) is 10.8 Å². The Labute approximate surface area is 243 Å². The van der Waals surface area contributed by atoms with Gasteiger partial charge in [-0.2, -0.15) is 0 Å². The van der Waals surface area contributed by atoms with Crippen LogP contribution < -0.4 is 0 Å². The van der Waals surface area contributed by atoms with E-state index >= 15 is 0 Å². The third-order valence-corrected chi connectivity index (χ3v) is 25.1. The second-order valence-electron chi connectivity index (χ2n) is 14.3. The minimum absolute atomic E-state index is 0.142. The number of hydrogen-bond acceptors (Lipinski definition) is 2. The molecular weight excluding hydrogens is 605 g/mol. The van der Waals surface area contributed by atoms with Crippen LogP contribution in [0.3, 0.4) is 0 Å². The Morgan fingerprint density at radius 2 is 1.42 bits per heavy atom. The molecule has 202 valence electrons. The van der Waals surface area contributed by atoms with E-state index in [1.165, 1.54) is 62.0 Å². The molecule has 1 atom stereocenters. The van der Waals surface area contributed by atoms with Crippen molar-refractivity contribution in [2.24, 2.45) is 0 Å². The van der Waals surface area contributed by atoms with Gasteiger partial charge >= 0.3 is 245 Å². The summed E-state index contributed by atoms with van der Waals surface area (Å²) in [6.45, 7) is 15.0. The summed E-state index contributed by atoms with van der Waals surface area (Å²) >= 11 is 1.87. The van der Waals surface area contributed by atoms with Gasteiger partial charge in [0.05, 0.1) is 0 Å². The van der Waals surface area contributed by atoms with Gasteiger partial charge in [-0.15, -0.1) is 0 Å². The summed E-state index contributed by atoms with van der Waals surface area (Å²) in [5, 5.41) is 5.05. The zero-order valence-electron chi connectivity index (χ0n) is 24.9. The standard InChI is InChI=1S/C31H36NS2.3CH3.Sn/c1-30(2,3)21-11-14-26-24(19-21)25-20-22(31(4,5)6)12-15-27(25)32(26)17-7-9-23-13-16-29(34-23)28-10-8-18-33-28;;;;/h8,10-12,14-16,18-20H,7,9,13,17H2,1-6H3;3*1H3;. The predicted molar refractivity (Wildman–Crippen MR) is 177 cm³/mol. The van der Waals surface area contributed by atoms with Crippen molar-refractivity contribution in [3.8, 4) is 0 Å². The first-order chi connectivity index (χ1) is 17.7. The molecule has 3 heterocycles. The van der Waals surface area contributed by atoms with Crippen LogP contribution >= 0.6 is 23.1 Å². The molecule has 0 amide bonds. The van der Waals surface area contributed by atoms with Gasteiger partial charge in [0.25, 0.3) is 0 Å². The molecule has 1 aliphatic heterocycles. The average molecular weight is 651 g/mol. The molecule has 0 aliphatic carbocycles. The maximum absolute atomic E-state index is 2.65. The molecule has 38 heavy (non-hydrogen) atoms. The number of aromatic nitrogens is 1. The van der Waals surface area contributed by atoms with Gasteiger partial charge in [-0.05, 0) is 0 Å². The second kappa shape index (κ2) is 10.0. The topological polar surface area (TPSA) is 4.93 Å². The second-order valence-corrected chi connectivity index (χ2v) is 33.3. The van der Waals surface area contributed by atoms with Gasteiger partial charge < -0.3 is 0 Å². The first-order valence-corrected chi connectivity index (χ1v) is 25.9. The van der Waals surface area contributed by atoms with Crippen molar-refractivity contribution in [3.05, 3.63) is 76.0 Å². The van der Waals surface area contributed by atoms with Crippen LogP contribution in [0.4, 0.5) is 0 Å². The monoisotopic (exact) mass is 651 g/mol. The van der Waals surface area contributed by atoms with Gasteiger partial charge in [-0.1, -0.05) is 0 Å². The van der Waals surface area contributed by atoms with Crippen molar-refractivity contribution in [2.45, 2.75) is 95.8 Å². The minimum atomic E-state index is -2.25. The molecule has 0 N–H and O–H groups in total. The van der Waals surface area contributed by atoms with E-state index in [0.29, 0.717) is 2.76 Å². The molecule has 2 aromatic heterocycles. The van der Waals surface area contributed by atoms with Crippen molar-refractivity contribution < 1.29 is 0 Å². The molecule has 0 bridgehead atoms. The fraction of sp³-hybridized carbons (Fsp3) is 0.471. The Bertz CT molecular complexity index is 1410. The normalized spacial score (nSPS) is 19.0. The fourth-order valence-electron chi connectivity index (χ4n) is 5.91. The number of rotatable bonds is 6. The molecule has 2 aromatic carbocycles. The molecule has 4 heteroatoms. The summed E-state index contributed by atoms with van der Waals surface area (Å²) in [5.74, 6) is 0. The summed E-state index contributed by atoms with van der Waals surface area (Å²) < 4.78 is 3.08. The molecule has 0 spiro atoms. The maximum atomic E-state index is 2.65. The van der Waals surface area contributed by atoms with Crippen LogP contribution in [-0.2, 0) is 17.4 Å². The van der Waals surface area contributed by atoms with E-state index in [1.54, 1.807) is 0 Å². The van der Waals surface area contributed by atoms with Gasteiger partial charge in [-0.3, -0.25) is 0 Å². The van der Waals surface area contributed by atoms with E-state index in [9.17, 15) is 0 Å². The van der Waals surface area contributed by atoms with Crippen LogP contribution in [0.25, 0.3) is 26.7 Å². The number of benzene rings is 2. The Kier molecular flexibility index (Phi) is 7.49. The molecule has 1 nitrogen and oxygen atoms in total. The quantitative estimate of drug-likeness (QED) is 0.188. The fourth-order valence-corrected chi connectivity index (χ4v) is 16.6. The number of nitrogens with zero attached hydrogens (tertiary/aromatic N) is 1. The zero-order valence-corrected chi connectivity index (χ0v) is 29.4.